The summed E-state index contributed by atoms with van der Waals surface area (Å²) in [6, 6.07) is -0.399. The van der Waals surface area contributed by atoms with E-state index in [0.717, 1.165) is 5.56 Å². The highest BCUT2D eigenvalue weighted by Gasteiger charge is 2.20. The Hall–Kier alpha value is -1.89. The third-order valence-electron chi connectivity index (χ3n) is 3.18. The van der Waals surface area contributed by atoms with Gasteiger partial charge in [-0.1, -0.05) is 11.6 Å². The number of nitrogens with zero attached hydrogens (tertiary/aromatic N) is 5. The van der Waals surface area contributed by atoms with Gasteiger partial charge < -0.3 is 10.2 Å². The Balaban J connectivity index is 2.36. The molecular formula is C12H17ClN6O. The van der Waals surface area contributed by atoms with Crippen molar-refractivity contribution in [3.05, 3.63) is 17.0 Å². The normalized spacial score (nSPS) is 12.4. The Bertz CT molecular complexity index is 640. The molecule has 0 bridgehead atoms. The third kappa shape index (κ3) is 2.53. The molecule has 20 heavy (non-hydrogen) atoms. The van der Waals surface area contributed by atoms with Crippen molar-refractivity contribution in [2.75, 3.05) is 18.9 Å². The van der Waals surface area contributed by atoms with Gasteiger partial charge in [-0.25, -0.2) is 0 Å². The summed E-state index contributed by atoms with van der Waals surface area (Å²) >= 11 is 6.08. The highest BCUT2D eigenvalue weighted by atomic mass is 35.5. The number of likely N-dealkylation sites (N-methyl/N-ethyl adjacent to an activating group) is 1. The minimum absolute atomic E-state index is 0.00639. The Kier molecular flexibility index (Phi) is 4.08. The van der Waals surface area contributed by atoms with Gasteiger partial charge in [0.25, 0.3) is 5.78 Å². The zero-order chi connectivity index (χ0) is 14.9. The Morgan fingerprint density at radius 2 is 2.30 bits per heavy atom. The van der Waals surface area contributed by atoms with Gasteiger partial charge in [-0.3, -0.25) is 4.79 Å². The summed E-state index contributed by atoms with van der Waals surface area (Å²) < 4.78 is 1.54. The molecule has 1 unspecified atom stereocenters. The maximum atomic E-state index is 12.1. The zero-order valence-electron chi connectivity index (χ0n) is 11.9. The summed E-state index contributed by atoms with van der Waals surface area (Å²) in [6.07, 6.45) is 1.40. The van der Waals surface area contributed by atoms with Crippen LogP contribution in [0.15, 0.2) is 6.33 Å². The highest BCUT2D eigenvalue weighted by molar-refractivity contribution is 6.30. The molecule has 0 radical (unpaired) electrons. The van der Waals surface area contributed by atoms with Gasteiger partial charge in [0.1, 0.15) is 23.3 Å². The molecule has 0 aromatic carbocycles. The lowest BCUT2D eigenvalue weighted by molar-refractivity contribution is -0.130. The fourth-order valence-corrected chi connectivity index (χ4v) is 1.99. The molecule has 7 nitrogen and oxygen atoms in total. The number of carbonyl (C=O) groups is 1. The minimum atomic E-state index is -0.399. The molecule has 2 aromatic heterocycles. The first-order valence-corrected chi connectivity index (χ1v) is 6.70. The van der Waals surface area contributed by atoms with E-state index in [1.807, 2.05) is 13.8 Å². The standard InChI is InChI=1S/C12H17ClN6O/c1-5-18(4)11(20)8(3)16-10-7(2)9(13)17-12-14-6-15-19(10)12/h6,8,16H,5H2,1-4H3. The topological polar surface area (TPSA) is 75.4 Å². The number of nitrogens with one attached hydrogen (secondary N) is 1. The van der Waals surface area contributed by atoms with Crippen molar-refractivity contribution >= 4 is 29.1 Å². The number of aromatic nitrogens is 4. The predicted molar refractivity (Wildman–Crippen MR) is 76.9 cm³/mol. The number of halogens is 1. The second-order valence-corrected chi connectivity index (χ2v) is 4.92. The molecule has 1 amide bonds. The number of amides is 1. The van der Waals surface area contributed by atoms with Crippen molar-refractivity contribution in [3.8, 4) is 0 Å². The second kappa shape index (κ2) is 5.62. The van der Waals surface area contributed by atoms with Gasteiger partial charge in [0.05, 0.1) is 0 Å². The van der Waals surface area contributed by atoms with E-state index in [2.05, 4.69) is 20.4 Å². The van der Waals surface area contributed by atoms with E-state index in [9.17, 15) is 4.79 Å². The molecule has 1 N–H and O–H groups in total. The first-order chi connectivity index (χ1) is 9.45. The minimum Gasteiger partial charge on any atom is -0.358 e. The largest absolute Gasteiger partial charge is 0.358 e. The van der Waals surface area contributed by atoms with E-state index in [0.29, 0.717) is 23.3 Å². The average molecular weight is 297 g/mol. The first-order valence-electron chi connectivity index (χ1n) is 6.33. The summed E-state index contributed by atoms with van der Waals surface area (Å²) in [5.41, 5.74) is 0.725. The molecular weight excluding hydrogens is 280 g/mol. The average Bonchev–Trinajstić information content (AvgIpc) is 2.89. The lowest BCUT2D eigenvalue weighted by Gasteiger charge is -2.22. The maximum Gasteiger partial charge on any atom is 0.255 e. The molecule has 0 fully saturated rings. The summed E-state index contributed by atoms with van der Waals surface area (Å²) in [4.78, 5) is 21.9. The SMILES string of the molecule is CCN(C)C(=O)C(C)Nc1c(C)c(Cl)nc2ncnn12. The van der Waals surface area contributed by atoms with Crippen molar-refractivity contribution in [1.29, 1.82) is 0 Å². The number of rotatable bonds is 4. The fourth-order valence-electron chi connectivity index (χ4n) is 1.82. The van der Waals surface area contributed by atoms with Crippen molar-refractivity contribution in [2.45, 2.75) is 26.8 Å². The summed E-state index contributed by atoms with van der Waals surface area (Å²) in [5.74, 6) is 1.02. The molecule has 2 rings (SSSR count). The first kappa shape index (κ1) is 14.5. The maximum absolute atomic E-state index is 12.1. The quantitative estimate of drug-likeness (QED) is 0.862. The van der Waals surface area contributed by atoms with E-state index in [-0.39, 0.29) is 5.91 Å². The van der Waals surface area contributed by atoms with E-state index < -0.39 is 6.04 Å². The van der Waals surface area contributed by atoms with E-state index >= 15 is 0 Å². The Labute approximate surface area is 122 Å². The van der Waals surface area contributed by atoms with Crippen LogP contribution in [0.1, 0.15) is 19.4 Å². The van der Waals surface area contributed by atoms with Crippen LogP contribution in [0.3, 0.4) is 0 Å². The fraction of sp³-hybridized carbons (Fsp3) is 0.500. The molecule has 0 aliphatic carbocycles. The molecule has 108 valence electrons. The number of hydrogen-bond acceptors (Lipinski definition) is 5. The molecule has 0 saturated carbocycles. The van der Waals surface area contributed by atoms with Crippen LogP contribution < -0.4 is 5.32 Å². The van der Waals surface area contributed by atoms with Crippen LogP contribution >= 0.6 is 11.6 Å². The van der Waals surface area contributed by atoms with Crippen LogP contribution in [0.2, 0.25) is 5.15 Å². The van der Waals surface area contributed by atoms with Gasteiger partial charge >= 0.3 is 0 Å². The number of carbonyl (C=O) groups excluding carboxylic acids is 1. The van der Waals surface area contributed by atoms with E-state index in [1.165, 1.54) is 10.8 Å². The number of fused-ring (bicyclic) bond motifs is 1. The molecule has 2 heterocycles. The van der Waals surface area contributed by atoms with Crippen molar-refractivity contribution in [3.63, 3.8) is 0 Å². The molecule has 2 aromatic rings. The van der Waals surface area contributed by atoms with E-state index in [4.69, 9.17) is 11.6 Å². The molecule has 0 saturated heterocycles. The van der Waals surface area contributed by atoms with Gasteiger partial charge in [-0.2, -0.15) is 19.6 Å². The predicted octanol–water partition coefficient (Wildman–Crippen LogP) is 1.36. The summed E-state index contributed by atoms with van der Waals surface area (Å²) in [5, 5.41) is 7.58. The van der Waals surface area contributed by atoms with Crippen LogP contribution in [0.25, 0.3) is 5.78 Å². The monoisotopic (exact) mass is 296 g/mol. The van der Waals surface area contributed by atoms with Crippen LogP contribution in [0.5, 0.6) is 0 Å². The van der Waals surface area contributed by atoms with E-state index in [1.54, 1.807) is 18.9 Å². The van der Waals surface area contributed by atoms with Gasteiger partial charge in [-0.15, -0.1) is 0 Å². The van der Waals surface area contributed by atoms with Crippen molar-refractivity contribution in [1.82, 2.24) is 24.5 Å². The van der Waals surface area contributed by atoms with Crippen LogP contribution in [-0.4, -0.2) is 50.0 Å². The molecule has 0 spiro atoms. The zero-order valence-corrected chi connectivity index (χ0v) is 12.6. The Morgan fingerprint density at radius 3 is 2.95 bits per heavy atom. The Morgan fingerprint density at radius 1 is 1.60 bits per heavy atom. The lowest BCUT2D eigenvalue weighted by Crippen LogP contribution is -2.39. The molecule has 8 heteroatoms. The van der Waals surface area contributed by atoms with Gasteiger partial charge in [0.2, 0.25) is 5.91 Å². The lowest BCUT2D eigenvalue weighted by atomic mass is 10.2. The van der Waals surface area contributed by atoms with Gasteiger partial charge in [0, 0.05) is 19.2 Å². The summed E-state index contributed by atoms with van der Waals surface area (Å²) in [7, 11) is 1.76. The van der Waals surface area contributed by atoms with Crippen molar-refractivity contribution in [2.24, 2.45) is 0 Å². The van der Waals surface area contributed by atoms with Crippen LogP contribution in [-0.2, 0) is 4.79 Å². The van der Waals surface area contributed by atoms with Gasteiger partial charge in [0.15, 0.2) is 0 Å². The third-order valence-corrected chi connectivity index (χ3v) is 3.55. The number of hydrogen-bond donors (Lipinski definition) is 1. The van der Waals surface area contributed by atoms with Crippen LogP contribution in [0.4, 0.5) is 5.82 Å². The van der Waals surface area contributed by atoms with Crippen molar-refractivity contribution < 1.29 is 4.79 Å². The molecule has 1 atom stereocenters. The van der Waals surface area contributed by atoms with Gasteiger partial charge in [-0.05, 0) is 20.8 Å². The number of anilines is 1. The highest BCUT2D eigenvalue weighted by Crippen LogP contribution is 2.22. The smallest absolute Gasteiger partial charge is 0.255 e. The molecule has 0 aliphatic rings. The summed E-state index contributed by atoms with van der Waals surface area (Å²) in [6.45, 7) is 6.19. The second-order valence-electron chi connectivity index (χ2n) is 4.57. The molecule has 0 aliphatic heterocycles. The van der Waals surface area contributed by atoms with Crippen LogP contribution in [0, 0.1) is 6.92 Å².